The van der Waals surface area contributed by atoms with Crippen LogP contribution in [-0.2, 0) is 40.0 Å². The van der Waals surface area contributed by atoms with Gasteiger partial charge in [0.15, 0.2) is 12.3 Å². The Balaban J connectivity index is 1.40. The van der Waals surface area contributed by atoms with Crippen LogP contribution in [0.1, 0.15) is 65.0 Å². The molecule has 10 nitrogen and oxygen atoms in total. The minimum absolute atomic E-state index is 0.00817. The summed E-state index contributed by atoms with van der Waals surface area (Å²) in [4.78, 5) is 19.2. The van der Waals surface area contributed by atoms with Crippen LogP contribution >= 0.6 is 12.0 Å². The second-order valence-corrected chi connectivity index (χ2v) is 16.8. The maximum atomic E-state index is 11.6. The number of carboxylic acid groups (broad SMARTS) is 1. The van der Waals surface area contributed by atoms with Crippen molar-refractivity contribution in [3.63, 3.8) is 0 Å². The zero-order valence-corrected chi connectivity index (χ0v) is 33.2. The van der Waals surface area contributed by atoms with Gasteiger partial charge in [0.05, 0.1) is 30.3 Å². The monoisotopic (exact) mass is 773 g/mol. The first-order valence-corrected chi connectivity index (χ1v) is 20.2. The van der Waals surface area contributed by atoms with Crippen LogP contribution in [0.15, 0.2) is 119 Å². The third-order valence-corrected chi connectivity index (χ3v) is 11.3. The van der Waals surface area contributed by atoms with E-state index in [1.165, 1.54) is 12.7 Å². The zero-order chi connectivity index (χ0) is 39.1. The molecule has 3 aromatic rings. The summed E-state index contributed by atoms with van der Waals surface area (Å²) in [5, 5.41) is 14.1. The van der Waals surface area contributed by atoms with Gasteiger partial charge in [0.2, 0.25) is 5.69 Å². The number of aliphatic carboxylic acids is 1. The molecular weight excluding hydrogens is 725 g/mol. The second-order valence-electron chi connectivity index (χ2n) is 14.4. The van der Waals surface area contributed by atoms with Crippen LogP contribution in [0, 0.1) is 0 Å². The van der Waals surface area contributed by atoms with Crippen molar-refractivity contribution in [1.82, 2.24) is 0 Å². The maximum Gasteiger partial charge on any atom is 0.309 e. The number of nitrogens with zero attached hydrogens (tertiary/aromatic N) is 2. The third-order valence-electron chi connectivity index (χ3n) is 9.90. The summed E-state index contributed by atoms with van der Waals surface area (Å²) in [6.07, 6.45) is 13.2. The van der Waals surface area contributed by atoms with Gasteiger partial charge >= 0.3 is 5.97 Å². The molecule has 2 heterocycles. The molecule has 0 amide bonds. The Morgan fingerprint density at radius 1 is 0.944 bits per heavy atom. The Kier molecular flexibility index (Phi) is 13.2. The van der Waals surface area contributed by atoms with E-state index >= 15 is 0 Å². The van der Waals surface area contributed by atoms with E-state index < -0.39 is 21.5 Å². The predicted molar refractivity (Wildman–Crippen MR) is 215 cm³/mol. The van der Waals surface area contributed by atoms with Gasteiger partial charge in [0.1, 0.15) is 6.42 Å². The van der Waals surface area contributed by atoms with Gasteiger partial charge < -0.3 is 10.0 Å². The minimum atomic E-state index is -4.03. The summed E-state index contributed by atoms with van der Waals surface area (Å²) in [5.41, 5.74) is 8.87. The molecule has 0 saturated heterocycles. The van der Waals surface area contributed by atoms with Crippen molar-refractivity contribution in [3.05, 3.63) is 126 Å². The van der Waals surface area contributed by atoms with Crippen molar-refractivity contribution in [2.24, 2.45) is 0 Å². The number of carbonyl (C=O) groups is 1. The third kappa shape index (κ3) is 9.67. The smallest absolute Gasteiger partial charge is 0.309 e. The van der Waals surface area contributed by atoms with Gasteiger partial charge in [0.25, 0.3) is 10.1 Å². The average Bonchev–Trinajstić information content (AvgIpc) is 3.46. The van der Waals surface area contributed by atoms with E-state index in [-0.39, 0.29) is 17.6 Å². The SMILES string of the molecule is COOOSc1ccc2c(c1)C(C)(C)C(/C=C/C=C(C)/C=C/C=C1/N(CCCCS(=O)(=O)O)c3cc(-c4ccccc4)ccc3C1(C)C)=[N+]2CCC(=O)O. The number of hydrogen-bond donors (Lipinski definition) is 2. The molecule has 3 aromatic carbocycles. The number of hydrogen-bond acceptors (Lipinski definition) is 8. The summed E-state index contributed by atoms with van der Waals surface area (Å²) >= 11 is 1.03. The van der Waals surface area contributed by atoms with Gasteiger partial charge in [0, 0.05) is 45.9 Å². The van der Waals surface area contributed by atoms with Gasteiger partial charge in [-0.25, -0.2) is 4.89 Å². The predicted octanol–water partition coefficient (Wildman–Crippen LogP) is 9.13. The van der Waals surface area contributed by atoms with E-state index in [1.54, 1.807) is 0 Å². The lowest BCUT2D eigenvalue weighted by molar-refractivity contribution is -0.447. The first-order valence-electron chi connectivity index (χ1n) is 17.8. The number of rotatable bonds is 17. The molecule has 2 aliphatic heterocycles. The molecule has 286 valence electrons. The molecule has 0 spiro atoms. The first kappa shape index (κ1) is 40.9. The molecule has 5 rings (SSSR count). The van der Waals surface area contributed by atoms with Crippen LogP contribution < -0.4 is 4.90 Å². The standard InChI is InChI=1S/C42H48N2O8S2/c1-30(15-13-19-39-42(4,5)35-29-33(53-52-51-50-6)21-23-36(35)44(39)26-24-40(45)46)14-12-18-38-41(2,3)34-22-20-32(31-16-8-7-9-17-31)28-37(34)43(38)25-10-11-27-54(47,48)49/h7-9,12-23,28-29H,10-11,24-27H2,1-6H3,(H-,45,46,47,48,49)/p+1. The lowest BCUT2D eigenvalue weighted by Crippen LogP contribution is -2.28. The molecule has 0 bridgehead atoms. The van der Waals surface area contributed by atoms with Gasteiger partial charge in [-0.3, -0.25) is 9.35 Å². The van der Waals surface area contributed by atoms with Crippen LogP contribution in [0.3, 0.4) is 0 Å². The highest BCUT2D eigenvalue weighted by Gasteiger charge is 2.44. The summed E-state index contributed by atoms with van der Waals surface area (Å²) in [6, 6.07) is 22.7. The fourth-order valence-corrected chi connectivity index (χ4v) is 8.19. The molecule has 0 aromatic heterocycles. The van der Waals surface area contributed by atoms with Crippen molar-refractivity contribution < 1.29 is 41.7 Å². The van der Waals surface area contributed by atoms with Gasteiger partial charge in [-0.15, -0.1) is 4.33 Å². The number of carboxylic acids is 1. The quantitative estimate of drug-likeness (QED) is 0.0261. The topological polar surface area (TPSA) is 126 Å². The Bertz CT molecular complexity index is 2120. The Labute approximate surface area is 323 Å². The zero-order valence-electron chi connectivity index (χ0n) is 31.6. The molecule has 12 heteroatoms. The van der Waals surface area contributed by atoms with E-state index in [9.17, 15) is 22.9 Å². The fraction of sp³-hybridized carbons (Fsp3) is 0.333. The van der Waals surface area contributed by atoms with Crippen molar-refractivity contribution in [1.29, 1.82) is 0 Å². The minimum Gasteiger partial charge on any atom is -0.481 e. The highest BCUT2D eigenvalue weighted by Crippen LogP contribution is 2.49. The number of unbranched alkanes of at least 4 members (excludes halogenated alkanes) is 1. The Morgan fingerprint density at radius 2 is 1.70 bits per heavy atom. The summed E-state index contributed by atoms with van der Waals surface area (Å²) in [5.74, 6) is -1.13. The molecule has 0 radical (unpaired) electrons. The number of allylic oxidation sites excluding steroid dienone is 8. The Hall–Kier alpha value is -4.30. The van der Waals surface area contributed by atoms with E-state index in [2.05, 4.69) is 89.6 Å². The van der Waals surface area contributed by atoms with Crippen LogP contribution in [-0.4, -0.2) is 60.3 Å². The van der Waals surface area contributed by atoms with E-state index in [1.807, 2.05) is 67.6 Å². The van der Waals surface area contributed by atoms with Gasteiger partial charge in [-0.1, -0.05) is 91.2 Å². The molecule has 0 atom stereocenters. The Morgan fingerprint density at radius 3 is 2.41 bits per heavy atom. The average molecular weight is 774 g/mol. The van der Waals surface area contributed by atoms with Crippen LogP contribution in [0.2, 0.25) is 0 Å². The molecule has 0 saturated carbocycles. The van der Waals surface area contributed by atoms with Crippen molar-refractivity contribution in [3.8, 4) is 11.1 Å². The summed E-state index contributed by atoms with van der Waals surface area (Å²) < 4.78 is 39.2. The number of benzene rings is 3. The molecule has 2 aliphatic rings. The van der Waals surface area contributed by atoms with Crippen molar-refractivity contribution in [2.45, 2.75) is 69.6 Å². The largest absolute Gasteiger partial charge is 0.481 e. The highest BCUT2D eigenvalue weighted by molar-refractivity contribution is 7.94. The fourth-order valence-electron chi connectivity index (χ4n) is 7.17. The van der Waals surface area contributed by atoms with Crippen molar-refractivity contribution >= 4 is 45.2 Å². The molecule has 0 unspecified atom stereocenters. The molecule has 54 heavy (non-hydrogen) atoms. The molecule has 0 fully saturated rings. The maximum absolute atomic E-state index is 11.6. The molecule has 2 N–H and O–H groups in total. The van der Waals surface area contributed by atoms with E-state index in [0.717, 1.165) is 62.0 Å². The number of fused-ring (bicyclic) bond motifs is 2. The lowest BCUT2D eigenvalue weighted by Gasteiger charge is -2.27. The van der Waals surface area contributed by atoms with Crippen LogP contribution in [0.4, 0.5) is 11.4 Å². The molecule has 0 aliphatic carbocycles. The van der Waals surface area contributed by atoms with Crippen molar-refractivity contribution in [2.75, 3.05) is 30.9 Å². The highest BCUT2D eigenvalue weighted by atomic mass is 32.2. The summed E-state index contributed by atoms with van der Waals surface area (Å²) in [7, 11) is -2.67. The molecular formula is C42H49N2O8S2+. The van der Waals surface area contributed by atoms with Crippen LogP contribution in [0.25, 0.3) is 11.1 Å². The van der Waals surface area contributed by atoms with Gasteiger partial charge in [-0.2, -0.15) is 13.0 Å². The van der Waals surface area contributed by atoms with Gasteiger partial charge in [-0.05, 0) is 74.6 Å². The number of anilines is 1. The first-order chi connectivity index (χ1) is 25.6. The second kappa shape index (κ2) is 17.4. The summed E-state index contributed by atoms with van der Waals surface area (Å²) in [6.45, 7) is 11.6. The van der Waals surface area contributed by atoms with E-state index in [0.29, 0.717) is 25.9 Å². The van der Waals surface area contributed by atoms with Crippen LogP contribution in [0.5, 0.6) is 0 Å². The lowest BCUT2D eigenvalue weighted by atomic mass is 9.81. The normalized spacial score (nSPS) is 17.3. The van der Waals surface area contributed by atoms with E-state index in [4.69, 9.17) is 4.33 Å².